The lowest BCUT2D eigenvalue weighted by Gasteiger charge is -2.38. The van der Waals surface area contributed by atoms with E-state index in [1.54, 1.807) is 52.0 Å². The summed E-state index contributed by atoms with van der Waals surface area (Å²) in [6.45, 7) is 13.5. The second-order valence-electron chi connectivity index (χ2n) is 18.9. The van der Waals surface area contributed by atoms with Crippen molar-refractivity contribution in [2.24, 2.45) is 23.7 Å². The van der Waals surface area contributed by atoms with Crippen molar-refractivity contribution in [1.29, 1.82) is 0 Å². The molecule has 1 aromatic heterocycles. The number of hydrogen-bond donors (Lipinski definition) is 4. The van der Waals surface area contributed by atoms with E-state index in [4.69, 9.17) is 37.8 Å². The molecule has 4 bridgehead atoms. The number of nitrogens with one attached hydrogen (secondary N) is 1. The first kappa shape index (κ1) is 52.0. The summed E-state index contributed by atoms with van der Waals surface area (Å²) in [7, 11) is 5.27. The number of rotatable bonds is 9. The van der Waals surface area contributed by atoms with Crippen molar-refractivity contribution in [2.75, 3.05) is 39.7 Å². The highest BCUT2D eigenvalue weighted by molar-refractivity contribution is 6.26. The molecule has 71 heavy (non-hydrogen) atoms. The number of benzene rings is 4. The lowest BCUT2D eigenvalue weighted by Crippen LogP contribution is -2.46. The second kappa shape index (κ2) is 21.3. The minimum Gasteiger partial charge on any atom is -0.505 e. The fourth-order valence-electron chi connectivity index (χ4n) is 9.13. The van der Waals surface area contributed by atoms with E-state index in [1.807, 2.05) is 49.3 Å². The summed E-state index contributed by atoms with van der Waals surface area (Å²) in [5, 5.41) is 37.7. The number of ether oxygens (including phenoxy) is 6. The maximum Gasteiger partial charge on any atom is 0.312 e. The number of aliphatic hydroxyl groups is 2. The zero-order valence-electron chi connectivity index (χ0n) is 41.9. The number of hydrogen-bond acceptors (Lipinski definition) is 16. The van der Waals surface area contributed by atoms with Crippen LogP contribution >= 0.6 is 0 Å². The number of phenols is 1. The van der Waals surface area contributed by atoms with Crippen molar-refractivity contribution < 1.29 is 62.5 Å². The third-order valence-electron chi connectivity index (χ3n) is 13.4. The van der Waals surface area contributed by atoms with E-state index in [9.17, 15) is 34.5 Å². The number of ketones is 1. The van der Waals surface area contributed by atoms with E-state index in [1.165, 1.54) is 53.2 Å². The molecule has 378 valence electrons. The molecule has 5 aromatic rings. The van der Waals surface area contributed by atoms with Gasteiger partial charge in [-0.3, -0.25) is 19.2 Å². The van der Waals surface area contributed by atoms with E-state index in [0.29, 0.717) is 18.9 Å². The van der Waals surface area contributed by atoms with Crippen LogP contribution in [-0.2, 0) is 30.4 Å². The molecule has 0 spiro atoms. The van der Waals surface area contributed by atoms with Gasteiger partial charge < -0.3 is 58.4 Å². The average molecular weight is 978 g/mol. The zero-order chi connectivity index (χ0) is 51.6. The first-order valence-electron chi connectivity index (χ1n) is 23.6. The summed E-state index contributed by atoms with van der Waals surface area (Å²) in [5.74, 6) is -6.93. The number of allylic oxidation sites excluding steroid dienone is 2. The molecule has 0 fully saturated rings. The Bertz CT molecular complexity index is 3000. The number of esters is 1. The Morgan fingerprint density at radius 3 is 2.32 bits per heavy atom. The first-order chi connectivity index (χ1) is 33.7. The van der Waals surface area contributed by atoms with Crippen molar-refractivity contribution in [3.05, 3.63) is 106 Å². The fourth-order valence-corrected chi connectivity index (χ4v) is 9.13. The van der Waals surface area contributed by atoms with Gasteiger partial charge in [-0.2, -0.15) is 0 Å². The molecule has 2 aliphatic heterocycles. The Morgan fingerprint density at radius 1 is 0.930 bits per heavy atom. The lowest BCUT2D eigenvalue weighted by atomic mass is 9.78. The minimum atomic E-state index is -2.10. The Hall–Kier alpha value is -6.79. The van der Waals surface area contributed by atoms with E-state index in [0.717, 1.165) is 5.56 Å². The van der Waals surface area contributed by atoms with E-state index in [2.05, 4.69) is 5.32 Å². The molecule has 9 atom stereocenters. The van der Waals surface area contributed by atoms with Gasteiger partial charge in [-0.1, -0.05) is 76.3 Å². The summed E-state index contributed by atoms with van der Waals surface area (Å²) in [6, 6.07) is 12.7. The summed E-state index contributed by atoms with van der Waals surface area (Å²) >= 11 is 0. The Labute approximate surface area is 411 Å². The van der Waals surface area contributed by atoms with Crippen LogP contribution in [0.25, 0.3) is 33.0 Å². The number of aromatic nitrogens is 1. The molecule has 2 aliphatic rings. The number of carbonyl (C=O) groups excluding carboxylic acids is 3. The number of Topliss-reactive ketones (excluding diaryl/α,β-unsaturated/α-hetero) is 1. The van der Waals surface area contributed by atoms with E-state index < -0.39 is 82.7 Å². The quantitative estimate of drug-likeness (QED) is 0.0485. The van der Waals surface area contributed by atoms with Crippen LogP contribution in [0.5, 0.6) is 23.0 Å². The van der Waals surface area contributed by atoms with Gasteiger partial charge in [-0.25, -0.2) is 4.98 Å². The van der Waals surface area contributed by atoms with Crippen LogP contribution < -0.4 is 25.0 Å². The van der Waals surface area contributed by atoms with Gasteiger partial charge >= 0.3 is 11.8 Å². The van der Waals surface area contributed by atoms with Crippen molar-refractivity contribution in [2.45, 2.75) is 92.2 Å². The minimum absolute atomic E-state index is 0.0364. The van der Waals surface area contributed by atoms with Crippen LogP contribution in [0, 0.1) is 30.6 Å². The Kier molecular flexibility index (Phi) is 15.6. The summed E-state index contributed by atoms with van der Waals surface area (Å²) in [4.78, 5) is 63.3. The highest BCUT2D eigenvalue weighted by Gasteiger charge is 2.50. The van der Waals surface area contributed by atoms with Gasteiger partial charge in [0.1, 0.15) is 47.5 Å². The number of aliphatic hydroxyl groups excluding tert-OH is 2. The number of phenolic OH excluding ortho intramolecular Hbond substituents is 1. The number of anilines is 1. The number of aromatic hydroxyl groups is 1. The molecule has 0 radical (unpaired) electrons. The number of methoxy groups -OCH3 is 1. The number of carbonyl (C=O) groups is 3. The molecule has 17 heteroatoms. The molecule has 0 saturated carbocycles. The molecule has 1 amide bonds. The maximum atomic E-state index is 15.0. The van der Waals surface area contributed by atoms with E-state index >= 15 is 0 Å². The predicted molar refractivity (Wildman–Crippen MR) is 267 cm³/mol. The fraction of sp³-hybridized carbons (Fsp3) is 0.426. The summed E-state index contributed by atoms with van der Waals surface area (Å²) in [6.07, 6.45) is 3.50. The predicted octanol–water partition coefficient (Wildman–Crippen LogP) is 7.52. The number of amides is 1. The standard InChI is InChI=1S/C54H63N3O14/c1-27-16-15-17-28(2)53(64)56-44-48(62)40-39(43-51(44)70-38-25-35(66-23-21-57(9)10)24-37(42(38)55-43)67-26-34-18-13-12-14-19-34)41-50(32(6)47(40)61)71-54(8,52(41)63)68-22-20-36(65-11)29(3)49(69-33(7)58)31(5)46(60)30(4)45(27)59/h12-20,22,24-25,27,29-31,36,45-46,49,59-60,62H,21,23,26H2,1-11H3,(H,56,64)/b16-15+,22-20+,28-17-/t27-,29+,30+,31+,36-,45-,46+,49+,54-/m0/s1. The van der Waals surface area contributed by atoms with E-state index in [-0.39, 0.29) is 73.5 Å². The van der Waals surface area contributed by atoms with Crippen LogP contribution in [-0.4, -0.2) is 107 Å². The van der Waals surface area contributed by atoms with Crippen molar-refractivity contribution in [1.82, 2.24) is 9.88 Å². The third kappa shape index (κ3) is 10.5. The van der Waals surface area contributed by atoms with Gasteiger partial charge in [0, 0.05) is 79.8 Å². The van der Waals surface area contributed by atoms with Crippen LogP contribution in [0.4, 0.5) is 5.69 Å². The molecule has 4 N–H and O–H groups in total. The molecule has 17 nitrogen and oxygen atoms in total. The molecule has 0 aliphatic carbocycles. The van der Waals surface area contributed by atoms with Gasteiger partial charge in [0.2, 0.25) is 0 Å². The van der Waals surface area contributed by atoms with Crippen molar-refractivity contribution >= 4 is 56.3 Å². The van der Waals surface area contributed by atoms with Gasteiger partial charge in [-0.05, 0) is 39.6 Å². The topological polar surface area (TPSA) is 226 Å². The maximum absolute atomic E-state index is 15.0. The monoisotopic (exact) mass is 977 g/mol. The molecule has 7 rings (SSSR count). The van der Waals surface area contributed by atoms with Gasteiger partial charge in [0.05, 0.1) is 35.5 Å². The van der Waals surface area contributed by atoms with Gasteiger partial charge in [-0.15, -0.1) is 0 Å². The molecular weight excluding hydrogens is 915 g/mol. The number of likely N-dealkylation sites (N-methyl/N-ethyl adjacent to an activating group) is 1. The Balaban J connectivity index is 1.48. The largest absolute Gasteiger partial charge is 0.505 e. The smallest absolute Gasteiger partial charge is 0.312 e. The lowest BCUT2D eigenvalue weighted by molar-refractivity contribution is -0.160. The number of fused-ring (bicyclic) bond motifs is 2. The van der Waals surface area contributed by atoms with Crippen LogP contribution in [0.15, 0.2) is 87.8 Å². The highest BCUT2D eigenvalue weighted by Crippen LogP contribution is 2.49. The second-order valence-corrected chi connectivity index (χ2v) is 18.9. The summed E-state index contributed by atoms with van der Waals surface area (Å²) < 4.78 is 43.2. The Morgan fingerprint density at radius 2 is 1.65 bits per heavy atom. The average Bonchev–Trinajstić information content (AvgIpc) is 3.60. The normalized spacial score (nSPS) is 27.0. The number of nitrogens with zero attached hydrogens (tertiary/aromatic N) is 2. The van der Waals surface area contributed by atoms with Crippen molar-refractivity contribution in [3.63, 3.8) is 0 Å². The summed E-state index contributed by atoms with van der Waals surface area (Å²) in [5.41, 5.74) is -0.208. The van der Waals surface area contributed by atoms with Crippen LogP contribution in [0.3, 0.4) is 0 Å². The molecule has 3 heterocycles. The molecule has 0 saturated heterocycles. The van der Waals surface area contributed by atoms with Crippen molar-refractivity contribution in [3.8, 4) is 23.0 Å². The first-order valence-corrected chi connectivity index (χ1v) is 23.6. The highest BCUT2D eigenvalue weighted by atomic mass is 16.7. The zero-order valence-corrected chi connectivity index (χ0v) is 41.9. The van der Waals surface area contributed by atoms with Crippen LogP contribution in [0.1, 0.15) is 70.0 Å². The molecule has 0 unspecified atom stereocenters. The molecule has 4 aromatic carbocycles. The SMILES string of the molecule is CO[C@H]1/C=C/O[C@@]2(C)Oc3c(C)c(=O)c4c(O)c(c5oc6cc(OCCN(C)C)cc(OCc7ccccc7)c6nc5c4c3C2=O)NC(=O)/C(C)=C\C=C\[C@H](C)[C@H](O)[C@@H](C)[C@@H](O)[C@@H](C)[C@H](OC(C)=O)[C@@H]1C. The molecular formula is C54H63N3O14. The van der Waals surface area contributed by atoms with Gasteiger partial charge in [0.25, 0.3) is 11.7 Å². The van der Waals surface area contributed by atoms with Gasteiger partial charge in [0.15, 0.2) is 28.1 Å². The van der Waals surface area contributed by atoms with Crippen LogP contribution in [0.2, 0.25) is 0 Å². The third-order valence-corrected chi connectivity index (χ3v) is 13.4.